The molecule has 0 radical (unpaired) electrons. The molecule has 0 aromatic heterocycles. The van der Waals surface area contributed by atoms with Crippen molar-refractivity contribution >= 4 is 34.8 Å². The van der Waals surface area contributed by atoms with Gasteiger partial charge in [0, 0.05) is 11.2 Å². The maximum atomic E-state index is 11.7. The van der Waals surface area contributed by atoms with Crippen molar-refractivity contribution in [3.8, 4) is 5.75 Å². The number of rotatable bonds is 5. The monoisotopic (exact) mass is 304 g/mol. The standard InChI is InChI=1S/C13H18Cl2N2O2/c1-4-13(2,3)17-11(18)7-19-12-9(14)5-8(16)6-10(12)15/h5-6H,4,7,16H2,1-3H3,(H,17,18). The summed E-state index contributed by atoms with van der Waals surface area (Å²) in [6.07, 6.45) is 0.822. The Kier molecular flexibility index (Phi) is 5.32. The van der Waals surface area contributed by atoms with E-state index in [1.807, 2.05) is 20.8 Å². The fraction of sp³-hybridized carbons (Fsp3) is 0.462. The molecule has 0 aliphatic heterocycles. The molecule has 0 bridgehead atoms. The average molecular weight is 305 g/mol. The lowest BCUT2D eigenvalue weighted by Gasteiger charge is -2.24. The largest absolute Gasteiger partial charge is 0.481 e. The lowest BCUT2D eigenvalue weighted by atomic mass is 10.0. The number of benzene rings is 1. The van der Waals surface area contributed by atoms with Crippen molar-refractivity contribution in [1.29, 1.82) is 0 Å². The zero-order chi connectivity index (χ0) is 14.6. The predicted octanol–water partition coefficient (Wildman–Crippen LogP) is 3.26. The number of nitrogen functional groups attached to an aromatic ring is 1. The van der Waals surface area contributed by atoms with Crippen molar-refractivity contribution in [2.45, 2.75) is 32.7 Å². The summed E-state index contributed by atoms with van der Waals surface area (Å²) in [7, 11) is 0. The van der Waals surface area contributed by atoms with E-state index >= 15 is 0 Å². The Balaban J connectivity index is 2.65. The van der Waals surface area contributed by atoms with Crippen molar-refractivity contribution in [3.63, 3.8) is 0 Å². The molecule has 1 amide bonds. The number of carbonyl (C=O) groups excluding carboxylic acids is 1. The molecule has 0 heterocycles. The van der Waals surface area contributed by atoms with E-state index in [9.17, 15) is 4.79 Å². The Hall–Kier alpha value is -1.13. The molecule has 0 spiro atoms. The topological polar surface area (TPSA) is 64.3 Å². The van der Waals surface area contributed by atoms with Crippen LogP contribution in [-0.2, 0) is 4.79 Å². The number of amides is 1. The SMILES string of the molecule is CCC(C)(C)NC(=O)COc1c(Cl)cc(N)cc1Cl. The lowest BCUT2D eigenvalue weighted by molar-refractivity contribution is -0.124. The Labute approximate surface area is 123 Å². The number of hydrogen-bond donors (Lipinski definition) is 2. The zero-order valence-electron chi connectivity index (χ0n) is 11.2. The molecule has 0 saturated carbocycles. The molecular weight excluding hydrogens is 287 g/mol. The van der Waals surface area contributed by atoms with Crippen LogP contribution in [0.1, 0.15) is 27.2 Å². The summed E-state index contributed by atoms with van der Waals surface area (Å²) in [6, 6.07) is 3.05. The van der Waals surface area contributed by atoms with Gasteiger partial charge in [0.2, 0.25) is 0 Å². The van der Waals surface area contributed by atoms with E-state index in [1.54, 1.807) is 0 Å². The van der Waals surface area contributed by atoms with E-state index in [1.165, 1.54) is 12.1 Å². The number of ether oxygens (including phenoxy) is 1. The Morgan fingerprint density at radius 1 is 1.37 bits per heavy atom. The summed E-state index contributed by atoms with van der Waals surface area (Å²) >= 11 is 11.9. The van der Waals surface area contributed by atoms with E-state index in [2.05, 4.69) is 5.32 Å². The Bertz CT molecular complexity index is 453. The third-order valence-electron chi connectivity index (χ3n) is 2.73. The Morgan fingerprint density at radius 2 is 1.89 bits per heavy atom. The Morgan fingerprint density at radius 3 is 2.37 bits per heavy atom. The van der Waals surface area contributed by atoms with Crippen LogP contribution in [0.25, 0.3) is 0 Å². The molecule has 19 heavy (non-hydrogen) atoms. The second kappa shape index (κ2) is 6.35. The van der Waals surface area contributed by atoms with Crippen LogP contribution in [0.15, 0.2) is 12.1 Å². The van der Waals surface area contributed by atoms with Crippen molar-refractivity contribution in [1.82, 2.24) is 5.32 Å². The lowest BCUT2D eigenvalue weighted by Crippen LogP contribution is -2.44. The molecule has 1 aromatic rings. The number of nitrogens with two attached hydrogens (primary N) is 1. The molecule has 6 heteroatoms. The highest BCUT2D eigenvalue weighted by Gasteiger charge is 2.18. The van der Waals surface area contributed by atoms with Crippen LogP contribution in [0.4, 0.5) is 5.69 Å². The maximum Gasteiger partial charge on any atom is 0.258 e. The summed E-state index contributed by atoms with van der Waals surface area (Å²) < 4.78 is 5.34. The molecular formula is C13H18Cl2N2O2. The second-order valence-corrected chi connectivity index (χ2v) is 5.70. The van der Waals surface area contributed by atoms with Crippen molar-refractivity contribution < 1.29 is 9.53 Å². The number of halogens is 2. The minimum atomic E-state index is -0.269. The van der Waals surface area contributed by atoms with Crippen LogP contribution >= 0.6 is 23.2 Å². The first-order chi connectivity index (χ1) is 8.75. The van der Waals surface area contributed by atoms with Crippen molar-refractivity contribution in [2.24, 2.45) is 0 Å². The van der Waals surface area contributed by atoms with Gasteiger partial charge in [0.15, 0.2) is 12.4 Å². The minimum Gasteiger partial charge on any atom is -0.481 e. The number of nitrogens with one attached hydrogen (secondary N) is 1. The van der Waals surface area contributed by atoms with Gasteiger partial charge in [-0.25, -0.2) is 0 Å². The van der Waals surface area contributed by atoms with Crippen LogP contribution in [0.5, 0.6) is 5.75 Å². The second-order valence-electron chi connectivity index (χ2n) is 4.89. The smallest absolute Gasteiger partial charge is 0.258 e. The third-order valence-corrected chi connectivity index (χ3v) is 3.29. The molecule has 3 N–H and O–H groups in total. The molecule has 106 valence electrons. The molecule has 1 rings (SSSR count). The van der Waals surface area contributed by atoms with Crippen molar-refractivity contribution in [2.75, 3.05) is 12.3 Å². The summed E-state index contributed by atoms with van der Waals surface area (Å²) in [5, 5.41) is 3.42. The van der Waals surface area contributed by atoms with Crippen molar-refractivity contribution in [3.05, 3.63) is 22.2 Å². The van der Waals surface area contributed by atoms with Gasteiger partial charge < -0.3 is 15.8 Å². The van der Waals surface area contributed by atoms with Gasteiger partial charge >= 0.3 is 0 Å². The van der Waals surface area contributed by atoms with Gasteiger partial charge in [-0.2, -0.15) is 0 Å². The first kappa shape index (κ1) is 15.9. The normalized spacial score (nSPS) is 11.2. The molecule has 0 atom stereocenters. The van der Waals surface area contributed by atoms with E-state index in [4.69, 9.17) is 33.7 Å². The maximum absolute atomic E-state index is 11.7. The zero-order valence-corrected chi connectivity index (χ0v) is 12.7. The number of anilines is 1. The first-order valence-corrected chi connectivity index (χ1v) is 6.69. The molecule has 0 unspecified atom stereocenters. The molecule has 0 saturated heterocycles. The average Bonchev–Trinajstić information content (AvgIpc) is 2.26. The molecule has 4 nitrogen and oxygen atoms in total. The summed E-state index contributed by atoms with van der Waals surface area (Å²) in [5.74, 6) is 0.0396. The summed E-state index contributed by atoms with van der Waals surface area (Å²) in [5.41, 5.74) is 5.76. The molecule has 0 aliphatic carbocycles. The fourth-order valence-corrected chi connectivity index (χ4v) is 1.97. The van der Waals surface area contributed by atoms with Crippen LogP contribution in [0, 0.1) is 0 Å². The summed E-state index contributed by atoms with van der Waals surface area (Å²) in [4.78, 5) is 11.7. The van der Waals surface area contributed by atoms with Crippen LogP contribution in [0.3, 0.4) is 0 Å². The quantitative estimate of drug-likeness (QED) is 0.821. The summed E-state index contributed by atoms with van der Waals surface area (Å²) in [6.45, 7) is 5.73. The van der Waals surface area contributed by atoms with Gasteiger partial charge in [-0.3, -0.25) is 4.79 Å². The number of carbonyl (C=O) groups is 1. The molecule has 1 aromatic carbocycles. The van der Waals surface area contributed by atoms with Gasteiger partial charge in [0.05, 0.1) is 10.0 Å². The van der Waals surface area contributed by atoms with Crippen LogP contribution < -0.4 is 15.8 Å². The highest BCUT2D eigenvalue weighted by molar-refractivity contribution is 6.37. The van der Waals surface area contributed by atoms with Gasteiger partial charge in [-0.1, -0.05) is 30.1 Å². The van der Waals surface area contributed by atoms with E-state index in [-0.39, 0.29) is 33.8 Å². The van der Waals surface area contributed by atoms with E-state index < -0.39 is 0 Å². The van der Waals surface area contributed by atoms with E-state index in [0.717, 1.165) is 6.42 Å². The van der Waals surface area contributed by atoms with Crippen LogP contribution in [0.2, 0.25) is 10.0 Å². The third kappa shape index (κ3) is 4.80. The van der Waals surface area contributed by atoms with Gasteiger partial charge in [-0.05, 0) is 32.4 Å². The number of hydrogen-bond acceptors (Lipinski definition) is 3. The first-order valence-electron chi connectivity index (χ1n) is 5.93. The van der Waals surface area contributed by atoms with E-state index in [0.29, 0.717) is 5.69 Å². The predicted molar refractivity (Wildman–Crippen MR) is 78.9 cm³/mol. The highest BCUT2D eigenvalue weighted by atomic mass is 35.5. The molecule has 0 fully saturated rings. The van der Waals surface area contributed by atoms with Crippen LogP contribution in [-0.4, -0.2) is 18.1 Å². The minimum absolute atomic E-state index is 0.146. The van der Waals surface area contributed by atoms with Gasteiger partial charge in [-0.15, -0.1) is 0 Å². The fourth-order valence-electron chi connectivity index (χ4n) is 1.36. The highest BCUT2D eigenvalue weighted by Crippen LogP contribution is 2.34. The van der Waals surface area contributed by atoms with Gasteiger partial charge in [0.25, 0.3) is 5.91 Å². The molecule has 0 aliphatic rings. The van der Waals surface area contributed by atoms with Gasteiger partial charge in [0.1, 0.15) is 0 Å².